The molecule has 28 heavy (non-hydrogen) atoms. The minimum atomic E-state index is -4.49. The normalized spacial score (nSPS) is 11.2. The lowest BCUT2D eigenvalue weighted by Crippen LogP contribution is -2.23. The van der Waals surface area contributed by atoms with E-state index in [0.717, 1.165) is 12.3 Å². The van der Waals surface area contributed by atoms with Crippen LogP contribution in [0.3, 0.4) is 0 Å². The van der Waals surface area contributed by atoms with Crippen LogP contribution in [0.4, 0.5) is 22.0 Å². The lowest BCUT2D eigenvalue weighted by atomic mass is 10.2. The first-order valence-corrected chi connectivity index (χ1v) is 7.73. The highest BCUT2D eigenvalue weighted by atomic mass is 19.4. The Labute approximate surface area is 156 Å². The number of nitrogens with one attached hydrogen (secondary N) is 1. The second-order valence-electron chi connectivity index (χ2n) is 5.34. The Morgan fingerprint density at radius 3 is 2.50 bits per heavy atom. The van der Waals surface area contributed by atoms with E-state index in [4.69, 9.17) is 4.74 Å². The molecule has 0 saturated carbocycles. The van der Waals surface area contributed by atoms with Crippen molar-refractivity contribution in [2.75, 3.05) is 13.7 Å². The standard InChI is InChI=1S/C17H15F5N2O4/c1-26-13-6-10(2-4-12(13)28-16(18)19)7-24-15(25)11-3-5-14(23-8-11)27-9-17(20,21)22/h2-6,8,16H,7,9H2,1H3,(H,24,25). The number of hydrogen-bond acceptors (Lipinski definition) is 5. The molecule has 0 aliphatic rings. The van der Waals surface area contributed by atoms with Gasteiger partial charge in [0.15, 0.2) is 18.1 Å². The van der Waals surface area contributed by atoms with Crippen LogP contribution in [-0.2, 0) is 6.54 Å². The van der Waals surface area contributed by atoms with E-state index in [1.165, 1.54) is 31.4 Å². The number of rotatable bonds is 8. The van der Waals surface area contributed by atoms with Crippen molar-refractivity contribution in [3.63, 3.8) is 0 Å². The fraction of sp³-hybridized carbons (Fsp3) is 0.294. The Hall–Kier alpha value is -3.11. The van der Waals surface area contributed by atoms with E-state index in [9.17, 15) is 26.7 Å². The molecule has 0 saturated heterocycles. The van der Waals surface area contributed by atoms with Gasteiger partial charge < -0.3 is 19.5 Å². The molecule has 0 spiro atoms. The summed E-state index contributed by atoms with van der Waals surface area (Å²) in [6, 6.07) is 6.56. The van der Waals surface area contributed by atoms with Crippen molar-refractivity contribution < 1.29 is 41.0 Å². The van der Waals surface area contributed by atoms with Crippen LogP contribution >= 0.6 is 0 Å². The zero-order valence-corrected chi connectivity index (χ0v) is 14.4. The van der Waals surface area contributed by atoms with E-state index in [0.29, 0.717) is 5.56 Å². The van der Waals surface area contributed by atoms with E-state index in [2.05, 4.69) is 19.8 Å². The first-order chi connectivity index (χ1) is 13.2. The van der Waals surface area contributed by atoms with Crippen LogP contribution in [0, 0.1) is 0 Å². The molecule has 0 aliphatic heterocycles. The van der Waals surface area contributed by atoms with Crippen LogP contribution in [0.5, 0.6) is 17.4 Å². The molecule has 0 radical (unpaired) electrons. The van der Waals surface area contributed by atoms with Gasteiger partial charge >= 0.3 is 12.8 Å². The van der Waals surface area contributed by atoms with Crippen molar-refractivity contribution >= 4 is 5.91 Å². The van der Waals surface area contributed by atoms with Crippen LogP contribution in [0.1, 0.15) is 15.9 Å². The maximum atomic E-state index is 12.3. The number of halogens is 5. The third-order valence-corrected chi connectivity index (χ3v) is 3.28. The van der Waals surface area contributed by atoms with Gasteiger partial charge in [-0.05, 0) is 23.8 Å². The second-order valence-corrected chi connectivity index (χ2v) is 5.34. The van der Waals surface area contributed by atoms with Crippen molar-refractivity contribution in [1.29, 1.82) is 0 Å². The Morgan fingerprint density at radius 1 is 1.18 bits per heavy atom. The van der Waals surface area contributed by atoms with Crippen LogP contribution < -0.4 is 19.5 Å². The second kappa shape index (κ2) is 9.20. The molecule has 1 N–H and O–H groups in total. The minimum Gasteiger partial charge on any atom is -0.493 e. The molecule has 1 aromatic carbocycles. The highest BCUT2D eigenvalue weighted by molar-refractivity contribution is 5.93. The number of amides is 1. The first-order valence-electron chi connectivity index (χ1n) is 7.73. The first kappa shape index (κ1) is 21.2. The van der Waals surface area contributed by atoms with Gasteiger partial charge in [0, 0.05) is 18.8 Å². The Morgan fingerprint density at radius 2 is 1.93 bits per heavy atom. The molecular weight excluding hydrogens is 391 g/mol. The van der Waals surface area contributed by atoms with E-state index in [-0.39, 0.29) is 29.5 Å². The van der Waals surface area contributed by atoms with Gasteiger partial charge in [-0.3, -0.25) is 4.79 Å². The smallest absolute Gasteiger partial charge is 0.422 e. The predicted octanol–water partition coefficient (Wildman–Crippen LogP) is 3.56. The van der Waals surface area contributed by atoms with Crippen molar-refractivity contribution in [3.05, 3.63) is 47.7 Å². The van der Waals surface area contributed by atoms with E-state index >= 15 is 0 Å². The summed E-state index contributed by atoms with van der Waals surface area (Å²) in [5.41, 5.74) is 0.647. The Bertz CT molecular complexity index is 797. The largest absolute Gasteiger partial charge is 0.493 e. The summed E-state index contributed by atoms with van der Waals surface area (Å²) in [4.78, 5) is 15.7. The number of benzene rings is 1. The van der Waals surface area contributed by atoms with Gasteiger partial charge in [-0.2, -0.15) is 22.0 Å². The quantitative estimate of drug-likeness (QED) is 0.679. The molecule has 1 aromatic heterocycles. The molecule has 1 heterocycles. The van der Waals surface area contributed by atoms with Crippen molar-refractivity contribution in [2.24, 2.45) is 0 Å². The molecule has 0 fully saturated rings. The number of carbonyl (C=O) groups excluding carboxylic acids is 1. The van der Waals surface area contributed by atoms with Gasteiger partial charge in [0.05, 0.1) is 12.7 Å². The molecule has 6 nitrogen and oxygen atoms in total. The van der Waals surface area contributed by atoms with E-state index < -0.39 is 25.3 Å². The molecule has 2 aromatic rings. The van der Waals surface area contributed by atoms with Crippen molar-refractivity contribution in [1.82, 2.24) is 10.3 Å². The van der Waals surface area contributed by atoms with Crippen LogP contribution in [0.2, 0.25) is 0 Å². The number of aromatic nitrogens is 1. The number of carbonyl (C=O) groups is 1. The third-order valence-electron chi connectivity index (χ3n) is 3.28. The summed E-state index contributed by atoms with van der Waals surface area (Å²) in [5, 5.41) is 2.56. The van der Waals surface area contributed by atoms with Gasteiger partial charge in [0.2, 0.25) is 5.88 Å². The zero-order chi connectivity index (χ0) is 20.7. The Kier molecular flexibility index (Phi) is 6.96. The molecule has 0 aliphatic carbocycles. The number of hydrogen-bond donors (Lipinski definition) is 1. The average Bonchev–Trinajstić information content (AvgIpc) is 2.64. The summed E-state index contributed by atoms with van der Waals surface area (Å²) >= 11 is 0. The molecule has 11 heteroatoms. The molecule has 2 rings (SSSR count). The van der Waals surface area contributed by atoms with Gasteiger partial charge in [0.25, 0.3) is 5.91 Å². The summed E-state index contributed by atoms with van der Waals surface area (Å²) < 4.78 is 74.6. The topological polar surface area (TPSA) is 69.7 Å². The van der Waals surface area contributed by atoms with Crippen LogP contribution in [-0.4, -0.2) is 37.4 Å². The molecule has 1 amide bonds. The van der Waals surface area contributed by atoms with Crippen molar-refractivity contribution in [3.8, 4) is 17.4 Å². The zero-order valence-electron chi connectivity index (χ0n) is 14.4. The van der Waals surface area contributed by atoms with Crippen LogP contribution in [0.25, 0.3) is 0 Å². The van der Waals surface area contributed by atoms with Crippen molar-refractivity contribution in [2.45, 2.75) is 19.3 Å². The van der Waals surface area contributed by atoms with Gasteiger partial charge in [-0.25, -0.2) is 4.98 Å². The summed E-state index contributed by atoms with van der Waals surface area (Å²) in [6.45, 7) is -4.45. The highest BCUT2D eigenvalue weighted by Crippen LogP contribution is 2.29. The predicted molar refractivity (Wildman–Crippen MR) is 86.6 cm³/mol. The SMILES string of the molecule is COc1cc(CNC(=O)c2ccc(OCC(F)(F)F)nc2)ccc1OC(F)F. The number of methoxy groups -OCH3 is 1. The summed E-state index contributed by atoms with van der Waals surface area (Å²) in [6.07, 6.45) is -3.42. The maximum absolute atomic E-state index is 12.3. The number of alkyl halides is 5. The molecular formula is C17H15F5N2O4. The highest BCUT2D eigenvalue weighted by Gasteiger charge is 2.28. The number of ether oxygens (including phenoxy) is 3. The average molecular weight is 406 g/mol. The summed E-state index contributed by atoms with van der Waals surface area (Å²) in [5.74, 6) is -0.888. The summed E-state index contributed by atoms with van der Waals surface area (Å²) in [7, 11) is 1.28. The lowest BCUT2D eigenvalue weighted by molar-refractivity contribution is -0.154. The van der Waals surface area contributed by atoms with Gasteiger partial charge in [-0.1, -0.05) is 6.07 Å². The Balaban J connectivity index is 1.94. The van der Waals surface area contributed by atoms with Gasteiger partial charge in [0.1, 0.15) is 0 Å². The minimum absolute atomic E-state index is 0.0382. The lowest BCUT2D eigenvalue weighted by Gasteiger charge is -2.12. The fourth-order valence-corrected chi connectivity index (χ4v) is 2.06. The molecule has 152 valence electrons. The van der Waals surface area contributed by atoms with Gasteiger partial charge in [-0.15, -0.1) is 0 Å². The number of nitrogens with zero attached hydrogens (tertiary/aromatic N) is 1. The third kappa shape index (κ3) is 6.56. The van der Waals surface area contributed by atoms with E-state index in [1.54, 1.807) is 0 Å². The maximum Gasteiger partial charge on any atom is 0.422 e. The monoisotopic (exact) mass is 406 g/mol. The van der Waals surface area contributed by atoms with Crippen LogP contribution in [0.15, 0.2) is 36.5 Å². The fourth-order valence-electron chi connectivity index (χ4n) is 2.06. The molecule has 0 bridgehead atoms. The van der Waals surface area contributed by atoms with E-state index in [1.807, 2.05) is 0 Å². The molecule has 0 atom stereocenters. The molecule has 0 unspecified atom stereocenters. The number of pyridine rings is 1.